The molecule has 3 aromatic rings. The number of carbonyl (C=O) groups excluding carboxylic acids is 3. The maximum atomic E-state index is 14.3. The Bertz CT molecular complexity index is 1390. The largest absolute Gasteiger partial charge is 0.327 e. The highest BCUT2D eigenvalue weighted by atomic mass is 35.5. The zero-order valence-electron chi connectivity index (χ0n) is 19.9. The van der Waals surface area contributed by atoms with E-state index in [4.69, 9.17) is 11.6 Å². The fraction of sp³-hybridized carbons (Fsp3) is 0.179. The van der Waals surface area contributed by atoms with E-state index in [0.29, 0.717) is 21.9 Å². The average Bonchev–Trinajstić information content (AvgIpc) is 3.24. The van der Waals surface area contributed by atoms with Crippen LogP contribution in [-0.2, 0) is 16.0 Å². The van der Waals surface area contributed by atoms with Gasteiger partial charge in [0, 0.05) is 18.5 Å². The summed E-state index contributed by atoms with van der Waals surface area (Å²) in [6.45, 7) is 0.0599. The van der Waals surface area contributed by atoms with E-state index >= 15 is 0 Å². The van der Waals surface area contributed by atoms with Gasteiger partial charge in [0.1, 0.15) is 11.9 Å². The minimum absolute atomic E-state index is 0.0305. The summed E-state index contributed by atoms with van der Waals surface area (Å²) in [6.07, 6.45) is 0.212. The van der Waals surface area contributed by atoms with Crippen molar-refractivity contribution in [1.82, 2.24) is 15.1 Å². The van der Waals surface area contributed by atoms with Crippen LogP contribution >= 0.6 is 11.6 Å². The van der Waals surface area contributed by atoms with Crippen LogP contribution in [0.25, 0.3) is 0 Å². The third-order valence-electron chi connectivity index (χ3n) is 6.67. The standard InChI is InChI=1S/C28H24ClFN4O3/c1-33-23-16-34(27(36)24(23)25(32-28(33)37)18-11-13-19(29)14-12-18)22(15-17-7-3-2-4-8-17)26(35)31-21-10-6-5-9-20(21)30/h2-14,22,25H,15-16H2,1H3,(H,31,35)(H,32,37). The summed E-state index contributed by atoms with van der Waals surface area (Å²) >= 11 is 6.04. The summed E-state index contributed by atoms with van der Waals surface area (Å²) in [4.78, 5) is 43.1. The number of likely N-dealkylation sites (N-methyl/N-ethyl adjacent to an activating group) is 1. The second kappa shape index (κ2) is 10.1. The molecular weight excluding hydrogens is 495 g/mol. The number of halogens is 2. The monoisotopic (exact) mass is 518 g/mol. The zero-order chi connectivity index (χ0) is 26.1. The Hall–Kier alpha value is -4.17. The average molecular weight is 519 g/mol. The van der Waals surface area contributed by atoms with Crippen molar-refractivity contribution < 1.29 is 18.8 Å². The Morgan fingerprint density at radius 1 is 1.05 bits per heavy atom. The topological polar surface area (TPSA) is 81.8 Å². The number of urea groups is 1. The number of carbonyl (C=O) groups is 3. The van der Waals surface area contributed by atoms with E-state index in [-0.39, 0.29) is 30.6 Å². The van der Waals surface area contributed by atoms with E-state index < -0.39 is 23.8 Å². The van der Waals surface area contributed by atoms with Crippen molar-refractivity contribution in [3.05, 3.63) is 112 Å². The highest BCUT2D eigenvalue weighted by molar-refractivity contribution is 6.30. The van der Waals surface area contributed by atoms with Crippen LogP contribution < -0.4 is 10.6 Å². The third-order valence-corrected chi connectivity index (χ3v) is 6.93. The molecule has 2 aliphatic rings. The molecule has 0 saturated carbocycles. The minimum atomic E-state index is -0.950. The van der Waals surface area contributed by atoms with Gasteiger partial charge in [-0.15, -0.1) is 0 Å². The number of amides is 4. The Balaban J connectivity index is 1.50. The minimum Gasteiger partial charge on any atom is -0.327 e. The molecule has 0 fully saturated rings. The Morgan fingerprint density at radius 2 is 1.73 bits per heavy atom. The molecular formula is C28H24ClFN4O3. The predicted octanol–water partition coefficient (Wildman–Crippen LogP) is 4.52. The van der Waals surface area contributed by atoms with Gasteiger partial charge in [-0.05, 0) is 35.4 Å². The zero-order valence-corrected chi connectivity index (χ0v) is 20.7. The smallest absolute Gasteiger partial charge is 0.322 e. The molecule has 9 heteroatoms. The number of hydrogen-bond acceptors (Lipinski definition) is 3. The lowest BCUT2D eigenvalue weighted by Gasteiger charge is -2.31. The Kier molecular flexibility index (Phi) is 6.67. The molecule has 0 bridgehead atoms. The van der Waals surface area contributed by atoms with Gasteiger partial charge in [0.05, 0.1) is 29.5 Å². The van der Waals surface area contributed by atoms with Gasteiger partial charge < -0.3 is 15.5 Å². The lowest BCUT2D eigenvalue weighted by molar-refractivity contribution is -0.134. The molecule has 2 N–H and O–H groups in total. The summed E-state index contributed by atoms with van der Waals surface area (Å²) in [7, 11) is 1.59. The summed E-state index contributed by atoms with van der Waals surface area (Å²) in [5.74, 6) is -1.46. The van der Waals surface area contributed by atoms with Crippen LogP contribution in [0.5, 0.6) is 0 Å². The number of nitrogens with zero attached hydrogens (tertiary/aromatic N) is 2. The molecule has 0 aromatic heterocycles. The fourth-order valence-electron chi connectivity index (χ4n) is 4.71. The van der Waals surface area contributed by atoms with E-state index in [1.165, 1.54) is 28.0 Å². The highest BCUT2D eigenvalue weighted by Gasteiger charge is 2.46. The number of para-hydroxylation sites is 1. The number of hydrogen-bond donors (Lipinski definition) is 2. The molecule has 5 rings (SSSR count). The predicted molar refractivity (Wildman–Crippen MR) is 138 cm³/mol. The molecule has 3 aromatic carbocycles. The molecule has 188 valence electrons. The molecule has 2 heterocycles. The van der Waals surface area contributed by atoms with Gasteiger partial charge in [-0.3, -0.25) is 14.5 Å². The highest BCUT2D eigenvalue weighted by Crippen LogP contribution is 2.37. The van der Waals surface area contributed by atoms with Crippen molar-refractivity contribution in [3.8, 4) is 0 Å². The first kappa shape index (κ1) is 24.5. The van der Waals surface area contributed by atoms with Gasteiger partial charge in [0.15, 0.2) is 0 Å². The molecule has 2 unspecified atom stereocenters. The summed E-state index contributed by atoms with van der Waals surface area (Å²) in [6, 6.07) is 20.1. The second-order valence-electron chi connectivity index (χ2n) is 8.96. The van der Waals surface area contributed by atoms with Crippen LogP contribution in [-0.4, -0.2) is 47.3 Å². The quantitative estimate of drug-likeness (QED) is 0.503. The lowest BCUT2D eigenvalue weighted by atomic mass is 9.95. The van der Waals surface area contributed by atoms with E-state index in [1.807, 2.05) is 30.3 Å². The van der Waals surface area contributed by atoms with Crippen molar-refractivity contribution in [1.29, 1.82) is 0 Å². The van der Waals surface area contributed by atoms with Crippen LogP contribution in [0.15, 0.2) is 90.1 Å². The number of benzene rings is 3. The molecule has 37 heavy (non-hydrogen) atoms. The van der Waals surface area contributed by atoms with E-state index in [1.54, 1.807) is 37.4 Å². The first-order valence-corrected chi connectivity index (χ1v) is 12.1. The van der Waals surface area contributed by atoms with E-state index in [2.05, 4.69) is 10.6 Å². The Morgan fingerprint density at radius 3 is 2.43 bits per heavy atom. The Labute approximate surface area is 218 Å². The van der Waals surface area contributed by atoms with Crippen molar-refractivity contribution in [3.63, 3.8) is 0 Å². The normalized spacial score (nSPS) is 18.0. The van der Waals surface area contributed by atoms with Crippen molar-refractivity contribution in [2.75, 3.05) is 18.9 Å². The molecule has 2 atom stereocenters. The third kappa shape index (κ3) is 4.80. The molecule has 0 aliphatic carbocycles. The second-order valence-corrected chi connectivity index (χ2v) is 9.40. The van der Waals surface area contributed by atoms with Gasteiger partial charge in [-0.1, -0.05) is 66.2 Å². The fourth-order valence-corrected chi connectivity index (χ4v) is 4.83. The SMILES string of the molecule is CN1C(=O)NC(c2ccc(Cl)cc2)C2=C1CN(C(Cc1ccccc1)C(=O)Nc1ccccc1F)C2=O. The van der Waals surface area contributed by atoms with Gasteiger partial charge in [-0.25, -0.2) is 9.18 Å². The van der Waals surface area contributed by atoms with E-state index in [0.717, 1.165) is 5.56 Å². The van der Waals surface area contributed by atoms with Crippen molar-refractivity contribution >= 4 is 35.1 Å². The van der Waals surface area contributed by atoms with Gasteiger partial charge >= 0.3 is 6.03 Å². The molecule has 0 saturated heterocycles. The maximum absolute atomic E-state index is 14.3. The summed E-state index contributed by atoms with van der Waals surface area (Å²) in [5.41, 5.74) is 2.48. The van der Waals surface area contributed by atoms with Crippen LogP contribution in [0.3, 0.4) is 0 Å². The van der Waals surface area contributed by atoms with Gasteiger partial charge in [0.25, 0.3) is 5.91 Å². The molecule has 0 radical (unpaired) electrons. The number of rotatable bonds is 6. The van der Waals surface area contributed by atoms with Crippen molar-refractivity contribution in [2.24, 2.45) is 0 Å². The summed E-state index contributed by atoms with van der Waals surface area (Å²) in [5, 5.41) is 6.05. The van der Waals surface area contributed by atoms with Crippen LogP contribution in [0, 0.1) is 5.82 Å². The van der Waals surface area contributed by atoms with Gasteiger partial charge in [-0.2, -0.15) is 0 Å². The van der Waals surface area contributed by atoms with Gasteiger partial charge in [0.2, 0.25) is 5.91 Å². The van der Waals surface area contributed by atoms with Crippen LogP contribution in [0.2, 0.25) is 5.02 Å². The number of nitrogens with one attached hydrogen (secondary N) is 2. The molecule has 0 spiro atoms. The maximum Gasteiger partial charge on any atom is 0.322 e. The van der Waals surface area contributed by atoms with Crippen molar-refractivity contribution in [2.45, 2.75) is 18.5 Å². The van der Waals surface area contributed by atoms with Crippen LogP contribution in [0.1, 0.15) is 17.2 Å². The number of anilines is 1. The first-order chi connectivity index (χ1) is 17.8. The molecule has 4 amide bonds. The molecule has 2 aliphatic heterocycles. The summed E-state index contributed by atoms with van der Waals surface area (Å²) < 4.78 is 14.3. The molecule has 7 nitrogen and oxygen atoms in total. The first-order valence-electron chi connectivity index (χ1n) is 11.8. The van der Waals surface area contributed by atoms with E-state index in [9.17, 15) is 18.8 Å². The lowest BCUT2D eigenvalue weighted by Crippen LogP contribution is -2.47. The van der Waals surface area contributed by atoms with Crippen LogP contribution in [0.4, 0.5) is 14.9 Å².